The smallest absolute Gasteiger partial charge is 0.0752 e. The van der Waals surface area contributed by atoms with Gasteiger partial charge in [-0.1, -0.05) is 18.2 Å². The summed E-state index contributed by atoms with van der Waals surface area (Å²) in [6.07, 6.45) is 5.66. The van der Waals surface area contributed by atoms with Gasteiger partial charge in [-0.05, 0) is 13.3 Å². The summed E-state index contributed by atoms with van der Waals surface area (Å²) in [6, 6.07) is 0. The van der Waals surface area contributed by atoms with Crippen molar-refractivity contribution in [3.05, 3.63) is 24.8 Å². The highest BCUT2D eigenvalue weighted by atomic mass is 16.3. The molecule has 1 atom stereocenters. The number of rotatable bonds is 3. The molecule has 1 unspecified atom stereocenters. The molecule has 8 heavy (non-hydrogen) atoms. The molecule has 0 aromatic heterocycles. The summed E-state index contributed by atoms with van der Waals surface area (Å²) < 4.78 is 0. The van der Waals surface area contributed by atoms with E-state index in [1.165, 1.54) is 6.08 Å². The molecule has 0 fully saturated rings. The van der Waals surface area contributed by atoms with Crippen molar-refractivity contribution in [2.45, 2.75) is 19.4 Å². The van der Waals surface area contributed by atoms with Crippen LogP contribution in [0.1, 0.15) is 13.3 Å². The molecule has 0 aromatic rings. The number of hydrogen-bond acceptors (Lipinski definition) is 1. The quantitative estimate of drug-likeness (QED) is 0.548. The number of allylic oxidation sites excluding steroid dienone is 1. The van der Waals surface area contributed by atoms with Gasteiger partial charge in [0, 0.05) is 0 Å². The van der Waals surface area contributed by atoms with Gasteiger partial charge in [-0.15, -0.1) is 6.58 Å². The molecular weight excluding hydrogens is 100 g/mol. The fourth-order valence-corrected chi connectivity index (χ4v) is 0.372. The van der Waals surface area contributed by atoms with Gasteiger partial charge in [0.05, 0.1) is 6.10 Å². The molecule has 1 N–H and O–H groups in total. The molecule has 0 spiro atoms. The van der Waals surface area contributed by atoms with E-state index in [-0.39, 0.29) is 6.10 Å². The summed E-state index contributed by atoms with van der Waals surface area (Å²) in [5.74, 6) is 0. The molecule has 46 valence electrons. The Morgan fingerprint density at radius 2 is 2.38 bits per heavy atom. The summed E-state index contributed by atoms with van der Waals surface area (Å²) in [7, 11) is 0. The Balaban J connectivity index is 3.23. The van der Waals surface area contributed by atoms with Crippen LogP contribution >= 0.6 is 0 Å². The Hall–Kier alpha value is -0.560. The molecule has 0 saturated heterocycles. The molecule has 0 radical (unpaired) electrons. The molecule has 0 saturated carbocycles. The Morgan fingerprint density at radius 3 is 2.75 bits per heavy atom. The van der Waals surface area contributed by atoms with Crippen molar-refractivity contribution in [1.82, 2.24) is 0 Å². The first kappa shape index (κ1) is 7.44. The highest BCUT2D eigenvalue weighted by Crippen LogP contribution is 1.91. The maximum atomic E-state index is 8.82. The summed E-state index contributed by atoms with van der Waals surface area (Å²) in [5.41, 5.74) is 0. The van der Waals surface area contributed by atoms with Gasteiger partial charge in [-0.3, -0.25) is 0 Å². The van der Waals surface area contributed by atoms with Crippen molar-refractivity contribution >= 4 is 0 Å². The lowest BCUT2D eigenvalue weighted by Crippen LogP contribution is -1.97. The minimum Gasteiger partial charge on any atom is -0.389 e. The molecule has 1 nitrogen and oxygen atoms in total. The van der Waals surface area contributed by atoms with E-state index in [0.717, 1.165) is 0 Å². The number of aliphatic hydroxyl groups excluding tert-OH is 1. The Bertz CT molecular complexity index is 84.4. The lowest BCUT2D eigenvalue weighted by molar-refractivity contribution is 0.227. The molecule has 0 rings (SSSR count). The largest absolute Gasteiger partial charge is 0.389 e. The summed E-state index contributed by atoms with van der Waals surface area (Å²) in [5, 5.41) is 8.82. The molecule has 0 aromatic carbocycles. The highest BCUT2D eigenvalue weighted by Gasteiger charge is 1.89. The standard InChI is InChI=1S/C7H12O/c1-3-5-6-7(8)4-2/h3-5,7-8H,2,6H2,1H3/b5-3-. The lowest BCUT2D eigenvalue weighted by atomic mass is 10.2. The van der Waals surface area contributed by atoms with Crippen LogP contribution in [0.25, 0.3) is 0 Å². The highest BCUT2D eigenvalue weighted by molar-refractivity contribution is 4.87. The second-order valence-corrected chi connectivity index (χ2v) is 1.61. The molecule has 1 heteroatoms. The minimum absolute atomic E-state index is 0.369. The van der Waals surface area contributed by atoms with E-state index in [9.17, 15) is 0 Å². The molecule has 0 amide bonds. The van der Waals surface area contributed by atoms with Crippen LogP contribution in [0, 0.1) is 0 Å². The first-order valence-electron chi connectivity index (χ1n) is 2.73. The number of hydrogen-bond donors (Lipinski definition) is 1. The van der Waals surface area contributed by atoms with Crippen molar-refractivity contribution in [3.8, 4) is 0 Å². The Kier molecular flexibility index (Phi) is 4.27. The van der Waals surface area contributed by atoms with Crippen LogP contribution in [0.2, 0.25) is 0 Å². The molecule has 0 aliphatic heterocycles. The second-order valence-electron chi connectivity index (χ2n) is 1.61. The molecule has 0 aliphatic carbocycles. The van der Waals surface area contributed by atoms with Gasteiger partial charge < -0.3 is 5.11 Å². The van der Waals surface area contributed by atoms with Crippen LogP contribution in [0.3, 0.4) is 0 Å². The lowest BCUT2D eigenvalue weighted by Gasteiger charge is -1.96. The van der Waals surface area contributed by atoms with Crippen molar-refractivity contribution in [2.24, 2.45) is 0 Å². The van der Waals surface area contributed by atoms with Crippen LogP contribution < -0.4 is 0 Å². The van der Waals surface area contributed by atoms with Crippen LogP contribution in [-0.4, -0.2) is 11.2 Å². The third-order valence-corrected chi connectivity index (χ3v) is 0.885. The average Bonchev–Trinajstić information content (AvgIpc) is 1.83. The predicted octanol–water partition coefficient (Wildman–Crippen LogP) is 1.50. The van der Waals surface area contributed by atoms with Gasteiger partial charge in [0.25, 0.3) is 0 Å². The fourth-order valence-electron chi connectivity index (χ4n) is 0.372. The fraction of sp³-hybridized carbons (Fsp3) is 0.429. The van der Waals surface area contributed by atoms with E-state index < -0.39 is 0 Å². The van der Waals surface area contributed by atoms with Crippen molar-refractivity contribution in [2.75, 3.05) is 0 Å². The van der Waals surface area contributed by atoms with Crippen LogP contribution in [0.15, 0.2) is 24.8 Å². The average molecular weight is 112 g/mol. The van der Waals surface area contributed by atoms with Gasteiger partial charge >= 0.3 is 0 Å². The van der Waals surface area contributed by atoms with Gasteiger partial charge in [-0.25, -0.2) is 0 Å². The third-order valence-electron chi connectivity index (χ3n) is 0.885. The van der Waals surface area contributed by atoms with E-state index >= 15 is 0 Å². The minimum atomic E-state index is -0.369. The number of aliphatic hydroxyl groups is 1. The van der Waals surface area contributed by atoms with Crippen LogP contribution in [0.4, 0.5) is 0 Å². The molecular formula is C7H12O. The first-order valence-corrected chi connectivity index (χ1v) is 2.73. The first-order chi connectivity index (χ1) is 3.81. The van der Waals surface area contributed by atoms with E-state index in [0.29, 0.717) is 6.42 Å². The monoisotopic (exact) mass is 112 g/mol. The zero-order valence-corrected chi connectivity index (χ0v) is 5.17. The van der Waals surface area contributed by atoms with Gasteiger partial charge in [0.15, 0.2) is 0 Å². The van der Waals surface area contributed by atoms with E-state index in [4.69, 9.17) is 5.11 Å². The van der Waals surface area contributed by atoms with Gasteiger partial charge in [0.2, 0.25) is 0 Å². The SMILES string of the molecule is C=CC(O)C/C=C\C. The zero-order chi connectivity index (χ0) is 6.41. The normalized spacial score (nSPS) is 14.2. The van der Waals surface area contributed by atoms with E-state index in [2.05, 4.69) is 6.58 Å². The molecule has 0 aliphatic rings. The second kappa shape index (κ2) is 4.60. The van der Waals surface area contributed by atoms with Gasteiger partial charge in [0.1, 0.15) is 0 Å². The summed E-state index contributed by atoms with van der Waals surface area (Å²) in [6.45, 7) is 5.36. The zero-order valence-electron chi connectivity index (χ0n) is 5.17. The van der Waals surface area contributed by atoms with Gasteiger partial charge in [-0.2, -0.15) is 0 Å². The third kappa shape index (κ3) is 3.62. The maximum Gasteiger partial charge on any atom is 0.0752 e. The van der Waals surface area contributed by atoms with E-state index in [1.807, 2.05) is 19.1 Å². The Labute approximate surface area is 50.3 Å². The topological polar surface area (TPSA) is 20.2 Å². The van der Waals surface area contributed by atoms with E-state index in [1.54, 1.807) is 0 Å². The summed E-state index contributed by atoms with van der Waals surface area (Å²) >= 11 is 0. The van der Waals surface area contributed by atoms with Crippen LogP contribution in [-0.2, 0) is 0 Å². The Morgan fingerprint density at radius 1 is 1.75 bits per heavy atom. The van der Waals surface area contributed by atoms with Crippen molar-refractivity contribution in [3.63, 3.8) is 0 Å². The maximum absolute atomic E-state index is 8.82. The van der Waals surface area contributed by atoms with Crippen molar-refractivity contribution < 1.29 is 5.11 Å². The van der Waals surface area contributed by atoms with Crippen molar-refractivity contribution in [1.29, 1.82) is 0 Å². The molecule has 0 heterocycles. The predicted molar refractivity (Wildman–Crippen MR) is 35.6 cm³/mol. The summed E-state index contributed by atoms with van der Waals surface area (Å²) in [4.78, 5) is 0. The molecule has 0 bridgehead atoms. The van der Waals surface area contributed by atoms with Crippen LogP contribution in [0.5, 0.6) is 0 Å².